The molecule has 2 N–H and O–H groups in total. The van der Waals surface area contributed by atoms with Crippen LogP contribution in [-0.2, 0) is 0 Å². The van der Waals surface area contributed by atoms with Gasteiger partial charge in [-0.3, -0.25) is 0 Å². The summed E-state index contributed by atoms with van der Waals surface area (Å²) in [6.45, 7) is 0. The normalized spacial score (nSPS) is 11.0. The van der Waals surface area contributed by atoms with Gasteiger partial charge in [-0.15, -0.1) is 11.3 Å². The Kier molecular flexibility index (Phi) is 2.72. The Morgan fingerprint density at radius 1 is 0.952 bits per heavy atom. The highest BCUT2D eigenvalue weighted by molar-refractivity contribution is 7.13. The van der Waals surface area contributed by atoms with Gasteiger partial charge in [0.05, 0.1) is 16.7 Å². The number of aromatic amines is 1. The fraction of sp³-hybridized carbons (Fsp3) is 0. The molecule has 0 unspecified atom stereocenters. The zero-order valence-electron chi connectivity index (χ0n) is 10.9. The lowest BCUT2D eigenvalue weighted by Gasteiger charge is -1.99. The fourth-order valence-corrected chi connectivity index (χ4v) is 3.01. The first-order chi connectivity index (χ1) is 10.3. The molecule has 4 rings (SSSR count). The maximum atomic E-state index is 9.90. The molecule has 0 bridgehead atoms. The van der Waals surface area contributed by atoms with E-state index in [1.807, 2.05) is 41.8 Å². The Hall–Kier alpha value is -2.66. The molecule has 2 heterocycles. The summed E-state index contributed by atoms with van der Waals surface area (Å²) in [5.74, 6) is 0.988. The highest BCUT2D eigenvalue weighted by Gasteiger charge is 2.12. The standard InChI is InChI=1S/C16H11N3OS/c20-14-8-4-1-5-10(14)13-9-21-16(19-13)15-17-11-6-2-3-7-12(11)18-15/h1-9,20H,(H,17,18). The summed E-state index contributed by atoms with van der Waals surface area (Å²) < 4.78 is 0. The Labute approximate surface area is 124 Å². The van der Waals surface area contributed by atoms with Crippen LogP contribution in [0.5, 0.6) is 5.75 Å². The number of H-pyrrole nitrogens is 1. The van der Waals surface area contributed by atoms with Crippen molar-refractivity contribution in [2.45, 2.75) is 0 Å². The molecule has 0 atom stereocenters. The van der Waals surface area contributed by atoms with Crippen molar-refractivity contribution in [2.24, 2.45) is 0 Å². The number of benzene rings is 2. The fourth-order valence-electron chi connectivity index (χ4n) is 2.25. The lowest BCUT2D eigenvalue weighted by molar-refractivity contribution is 0.477. The zero-order chi connectivity index (χ0) is 14.2. The van der Waals surface area contributed by atoms with Gasteiger partial charge in [0.2, 0.25) is 0 Å². The summed E-state index contributed by atoms with van der Waals surface area (Å²) in [7, 11) is 0. The van der Waals surface area contributed by atoms with E-state index < -0.39 is 0 Å². The highest BCUT2D eigenvalue weighted by Crippen LogP contribution is 2.32. The molecule has 0 aliphatic carbocycles. The molecule has 2 aromatic carbocycles. The number of hydrogen-bond acceptors (Lipinski definition) is 4. The Morgan fingerprint density at radius 3 is 2.62 bits per heavy atom. The molecular weight excluding hydrogens is 282 g/mol. The molecular formula is C16H11N3OS. The average Bonchev–Trinajstić information content (AvgIpc) is 3.14. The molecule has 2 aromatic heterocycles. The largest absolute Gasteiger partial charge is 0.507 e. The second-order valence-electron chi connectivity index (χ2n) is 4.66. The number of phenols is 1. The number of para-hydroxylation sites is 3. The molecule has 0 aliphatic rings. The third kappa shape index (κ3) is 2.08. The van der Waals surface area contributed by atoms with E-state index in [0.29, 0.717) is 0 Å². The summed E-state index contributed by atoms with van der Waals surface area (Å²) >= 11 is 1.51. The molecule has 0 saturated carbocycles. The van der Waals surface area contributed by atoms with Crippen LogP contribution < -0.4 is 0 Å². The van der Waals surface area contributed by atoms with Crippen molar-refractivity contribution in [2.75, 3.05) is 0 Å². The lowest BCUT2D eigenvalue weighted by atomic mass is 10.1. The van der Waals surface area contributed by atoms with Crippen molar-refractivity contribution < 1.29 is 5.11 Å². The van der Waals surface area contributed by atoms with E-state index in [0.717, 1.165) is 33.1 Å². The van der Waals surface area contributed by atoms with E-state index in [9.17, 15) is 5.11 Å². The van der Waals surface area contributed by atoms with Crippen molar-refractivity contribution in [3.8, 4) is 27.8 Å². The Bertz CT molecular complexity index is 893. The van der Waals surface area contributed by atoms with Crippen molar-refractivity contribution in [3.63, 3.8) is 0 Å². The number of thiazole rings is 1. The third-order valence-corrected chi connectivity index (χ3v) is 4.13. The monoisotopic (exact) mass is 293 g/mol. The van der Waals surface area contributed by atoms with Gasteiger partial charge in [0, 0.05) is 10.9 Å². The number of nitrogens with zero attached hydrogens (tertiary/aromatic N) is 2. The van der Waals surface area contributed by atoms with Crippen molar-refractivity contribution in [3.05, 3.63) is 53.9 Å². The molecule has 4 nitrogen and oxygen atoms in total. The third-order valence-electron chi connectivity index (χ3n) is 3.28. The van der Waals surface area contributed by atoms with Crippen LogP contribution in [0.4, 0.5) is 0 Å². The van der Waals surface area contributed by atoms with E-state index in [4.69, 9.17) is 0 Å². The Balaban J connectivity index is 1.79. The highest BCUT2D eigenvalue weighted by atomic mass is 32.1. The van der Waals surface area contributed by atoms with Gasteiger partial charge in [0.15, 0.2) is 10.8 Å². The van der Waals surface area contributed by atoms with E-state index in [2.05, 4.69) is 15.0 Å². The lowest BCUT2D eigenvalue weighted by Crippen LogP contribution is -1.81. The molecule has 4 aromatic rings. The molecule has 0 fully saturated rings. The number of rotatable bonds is 2. The van der Waals surface area contributed by atoms with E-state index in [-0.39, 0.29) is 5.75 Å². The summed E-state index contributed by atoms with van der Waals surface area (Å²) in [5.41, 5.74) is 3.41. The van der Waals surface area contributed by atoms with Gasteiger partial charge in [-0.2, -0.15) is 0 Å². The van der Waals surface area contributed by atoms with E-state index >= 15 is 0 Å². The van der Waals surface area contributed by atoms with Gasteiger partial charge in [-0.25, -0.2) is 9.97 Å². The van der Waals surface area contributed by atoms with Crippen LogP contribution in [0, 0.1) is 0 Å². The molecule has 0 radical (unpaired) electrons. The van der Waals surface area contributed by atoms with Gasteiger partial charge < -0.3 is 10.1 Å². The van der Waals surface area contributed by atoms with Crippen LogP contribution in [0.2, 0.25) is 0 Å². The van der Waals surface area contributed by atoms with Gasteiger partial charge in [-0.05, 0) is 24.3 Å². The van der Waals surface area contributed by atoms with E-state index in [1.165, 1.54) is 11.3 Å². The first-order valence-electron chi connectivity index (χ1n) is 6.50. The van der Waals surface area contributed by atoms with Gasteiger partial charge in [-0.1, -0.05) is 24.3 Å². The van der Waals surface area contributed by atoms with Crippen LogP contribution in [-0.4, -0.2) is 20.1 Å². The van der Waals surface area contributed by atoms with Gasteiger partial charge >= 0.3 is 0 Å². The second kappa shape index (κ2) is 4.71. The number of imidazole rings is 1. The molecule has 21 heavy (non-hydrogen) atoms. The van der Waals surface area contributed by atoms with Crippen molar-refractivity contribution in [1.82, 2.24) is 15.0 Å². The van der Waals surface area contributed by atoms with Crippen LogP contribution in [0.3, 0.4) is 0 Å². The minimum Gasteiger partial charge on any atom is -0.507 e. The van der Waals surface area contributed by atoms with Crippen LogP contribution in [0.15, 0.2) is 53.9 Å². The first-order valence-corrected chi connectivity index (χ1v) is 7.38. The molecule has 102 valence electrons. The maximum absolute atomic E-state index is 9.90. The number of fused-ring (bicyclic) bond motifs is 1. The molecule has 0 saturated heterocycles. The molecule has 0 aliphatic heterocycles. The zero-order valence-corrected chi connectivity index (χ0v) is 11.8. The van der Waals surface area contributed by atoms with Crippen LogP contribution in [0.1, 0.15) is 0 Å². The van der Waals surface area contributed by atoms with Crippen molar-refractivity contribution in [1.29, 1.82) is 0 Å². The number of aromatic hydroxyl groups is 1. The minimum atomic E-state index is 0.235. The number of nitrogens with one attached hydrogen (secondary N) is 1. The summed E-state index contributed by atoms with van der Waals surface area (Å²) in [6, 6.07) is 15.1. The quantitative estimate of drug-likeness (QED) is 0.586. The Morgan fingerprint density at radius 2 is 1.76 bits per heavy atom. The number of aromatic nitrogens is 3. The SMILES string of the molecule is Oc1ccccc1-c1csc(-c2nc3ccccc3[nH]2)n1. The summed E-state index contributed by atoms with van der Waals surface area (Å²) in [6.07, 6.45) is 0. The predicted octanol–water partition coefficient (Wildman–Crippen LogP) is 4.06. The van der Waals surface area contributed by atoms with Crippen LogP contribution in [0.25, 0.3) is 33.1 Å². The first kappa shape index (κ1) is 12.1. The molecule has 0 spiro atoms. The van der Waals surface area contributed by atoms with Gasteiger partial charge in [0.25, 0.3) is 0 Å². The number of hydrogen-bond donors (Lipinski definition) is 2. The molecule has 0 amide bonds. The van der Waals surface area contributed by atoms with Gasteiger partial charge in [0.1, 0.15) is 5.75 Å². The predicted molar refractivity (Wildman–Crippen MR) is 84.3 cm³/mol. The second-order valence-corrected chi connectivity index (χ2v) is 5.52. The van der Waals surface area contributed by atoms with Crippen molar-refractivity contribution >= 4 is 22.4 Å². The average molecular weight is 293 g/mol. The maximum Gasteiger partial charge on any atom is 0.167 e. The summed E-state index contributed by atoms with van der Waals surface area (Å²) in [5, 5.41) is 12.6. The van der Waals surface area contributed by atoms with E-state index in [1.54, 1.807) is 12.1 Å². The summed E-state index contributed by atoms with van der Waals surface area (Å²) in [4.78, 5) is 12.4. The molecule has 5 heteroatoms. The minimum absolute atomic E-state index is 0.235. The topological polar surface area (TPSA) is 61.8 Å². The number of phenolic OH excluding ortho intramolecular Hbond substituents is 1. The smallest absolute Gasteiger partial charge is 0.167 e. The van der Waals surface area contributed by atoms with Crippen LogP contribution >= 0.6 is 11.3 Å².